The van der Waals surface area contributed by atoms with Crippen LogP contribution in [0.2, 0.25) is 0 Å². The summed E-state index contributed by atoms with van der Waals surface area (Å²) >= 11 is 0. The third kappa shape index (κ3) is 6.11. The van der Waals surface area contributed by atoms with Gasteiger partial charge < -0.3 is 19.7 Å². The quantitative estimate of drug-likeness (QED) is 0.346. The van der Waals surface area contributed by atoms with Crippen LogP contribution < -0.4 is 10.1 Å². The van der Waals surface area contributed by atoms with E-state index in [9.17, 15) is 14.7 Å². The summed E-state index contributed by atoms with van der Waals surface area (Å²) in [5.74, 6) is -0.589. The highest BCUT2D eigenvalue weighted by Crippen LogP contribution is 2.38. The van der Waals surface area contributed by atoms with Gasteiger partial charge in [-0.05, 0) is 37.1 Å². The first-order valence-corrected chi connectivity index (χ1v) is 11.3. The predicted molar refractivity (Wildman–Crippen MR) is 133 cm³/mol. The Morgan fingerprint density at radius 1 is 0.971 bits per heavy atom. The van der Waals surface area contributed by atoms with Crippen molar-refractivity contribution < 1.29 is 19.4 Å². The Hall–Kier alpha value is -4.46. The van der Waals surface area contributed by atoms with Crippen LogP contribution in [-0.2, 0) is 22.6 Å². The molecule has 8 heteroatoms. The zero-order chi connectivity index (χ0) is 24.6. The van der Waals surface area contributed by atoms with Crippen LogP contribution in [0.1, 0.15) is 11.1 Å². The number of para-hydroxylation sites is 1. The highest BCUT2D eigenvalue weighted by molar-refractivity contribution is 5.95. The Morgan fingerprint density at radius 3 is 2.46 bits per heavy atom. The molecule has 8 nitrogen and oxygen atoms in total. The fourth-order valence-electron chi connectivity index (χ4n) is 3.63. The SMILES string of the molecule is Cc1ccc(OCC(=O)NCC(=O)N=Nc2c(O)n(CCc3ccccc3)c3ccccc23)cc1. The maximum Gasteiger partial charge on any atom is 0.283 e. The second kappa shape index (κ2) is 11.1. The van der Waals surface area contributed by atoms with Crippen LogP contribution in [0.4, 0.5) is 5.69 Å². The Labute approximate surface area is 202 Å². The van der Waals surface area contributed by atoms with Crippen LogP contribution >= 0.6 is 0 Å². The molecular formula is C27H26N4O4. The average Bonchev–Trinajstić information content (AvgIpc) is 3.15. The van der Waals surface area contributed by atoms with E-state index in [1.165, 1.54) is 0 Å². The molecule has 0 aliphatic carbocycles. The average molecular weight is 471 g/mol. The van der Waals surface area contributed by atoms with Crippen molar-refractivity contribution in [2.45, 2.75) is 19.9 Å². The largest absolute Gasteiger partial charge is 0.493 e. The molecule has 0 saturated carbocycles. The number of carbonyl (C=O) groups is 2. The molecular weight excluding hydrogens is 444 g/mol. The van der Waals surface area contributed by atoms with Crippen molar-refractivity contribution in [2.24, 2.45) is 10.2 Å². The summed E-state index contributed by atoms with van der Waals surface area (Å²) in [4.78, 5) is 24.2. The Morgan fingerprint density at radius 2 is 1.69 bits per heavy atom. The molecule has 0 bridgehead atoms. The van der Waals surface area contributed by atoms with Crippen LogP contribution in [0.3, 0.4) is 0 Å². The summed E-state index contributed by atoms with van der Waals surface area (Å²) in [7, 11) is 0. The van der Waals surface area contributed by atoms with Crippen molar-refractivity contribution in [2.75, 3.05) is 13.2 Å². The smallest absolute Gasteiger partial charge is 0.283 e. The van der Waals surface area contributed by atoms with Gasteiger partial charge in [0, 0.05) is 11.9 Å². The van der Waals surface area contributed by atoms with Crippen LogP contribution in [0, 0.1) is 6.92 Å². The number of fused-ring (bicyclic) bond motifs is 1. The van der Waals surface area contributed by atoms with Crippen molar-refractivity contribution in [3.63, 3.8) is 0 Å². The van der Waals surface area contributed by atoms with Gasteiger partial charge in [0.1, 0.15) is 12.3 Å². The van der Waals surface area contributed by atoms with Crippen molar-refractivity contribution in [3.05, 3.63) is 90.0 Å². The number of ether oxygens (including phenoxy) is 1. The summed E-state index contributed by atoms with van der Waals surface area (Å²) in [6.45, 7) is 1.95. The lowest BCUT2D eigenvalue weighted by Crippen LogP contribution is -2.32. The Kier molecular flexibility index (Phi) is 7.52. The highest BCUT2D eigenvalue weighted by Gasteiger charge is 2.17. The molecule has 178 valence electrons. The van der Waals surface area contributed by atoms with Crippen molar-refractivity contribution in [3.8, 4) is 11.6 Å². The maximum absolute atomic E-state index is 12.2. The van der Waals surface area contributed by atoms with Gasteiger partial charge in [-0.25, -0.2) is 0 Å². The van der Waals surface area contributed by atoms with E-state index < -0.39 is 11.8 Å². The van der Waals surface area contributed by atoms with Gasteiger partial charge >= 0.3 is 0 Å². The number of benzene rings is 3. The van der Waals surface area contributed by atoms with E-state index in [1.807, 2.05) is 73.7 Å². The summed E-state index contributed by atoms with van der Waals surface area (Å²) in [6, 6.07) is 24.7. The maximum atomic E-state index is 12.2. The van der Waals surface area contributed by atoms with E-state index in [0.29, 0.717) is 17.7 Å². The molecule has 0 atom stereocenters. The topological polar surface area (TPSA) is 105 Å². The first kappa shape index (κ1) is 23.7. The van der Waals surface area contributed by atoms with Gasteiger partial charge in [0.25, 0.3) is 11.8 Å². The molecule has 35 heavy (non-hydrogen) atoms. The van der Waals surface area contributed by atoms with E-state index in [4.69, 9.17) is 4.74 Å². The zero-order valence-electron chi connectivity index (χ0n) is 19.3. The third-order valence-corrected chi connectivity index (χ3v) is 5.47. The van der Waals surface area contributed by atoms with E-state index >= 15 is 0 Å². The van der Waals surface area contributed by atoms with Gasteiger partial charge in [-0.3, -0.25) is 9.59 Å². The van der Waals surface area contributed by atoms with E-state index in [2.05, 4.69) is 15.5 Å². The highest BCUT2D eigenvalue weighted by atomic mass is 16.5. The number of amides is 2. The van der Waals surface area contributed by atoms with E-state index in [0.717, 1.165) is 23.1 Å². The summed E-state index contributed by atoms with van der Waals surface area (Å²) in [6.07, 6.45) is 0.722. The number of aromatic hydroxyl groups is 1. The molecule has 2 N–H and O–H groups in total. The van der Waals surface area contributed by atoms with Crippen molar-refractivity contribution in [1.82, 2.24) is 9.88 Å². The monoisotopic (exact) mass is 470 g/mol. The second-order valence-electron chi connectivity index (χ2n) is 8.05. The second-order valence-corrected chi connectivity index (χ2v) is 8.05. The molecule has 4 aromatic rings. The summed E-state index contributed by atoms with van der Waals surface area (Å²) in [5, 5.41) is 21.7. The molecule has 0 aliphatic rings. The first-order chi connectivity index (χ1) is 17.0. The Bertz CT molecular complexity index is 1350. The normalized spacial score (nSPS) is 11.1. The minimum absolute atomic E-state index is 0.0609. The number of carbonyl (C=O) groups excluding carboxylic acids is 2. The molecule has 1 heterocycles. The van der Waals surface area contributed by atoms with Crippen LogP contribution in [-0.4, -0.2) is 34.6 Å². The number of nitrogens with zero attached hydrogens (tertiary/aromatic N) is 3. The predicted octanol–water partition coefficient (Wildman–Crippen LogP) is 4.70. The molecule has 4 rings (SSSR count). The van der Waals surface area contributed by atoms with Crippen molar-refractivity contribution >= 4 is 28.4 Å². The zero-order valence-corrected chi connectivity index (χ0v) is 19.3. The molecule has 0 aliphatic heterocycles. The molecule has 1 aromatic heterocycles. The molecule has 0 saturated heterocycles. The third-order valence-electron chi connectivity index (χ3n) is 5.47. The molecule has 2 amide bonds. The minimum Gasteiger partial charge on any atom is -0.493 e. The van der Waals surface area contributed by atoms with Gasteiger partial charge in [0.2, 0.25) is 5.88 Å². The van der Waals surface area contributed by atoms with Crippen LogP contribution in [0.15, 0.2) is 89.1 Å². The lowest BCUT2D eigenvalue weighted by molar-refractivity contribution is -0.126. The first-order valence-electron chi connectivity index (χ1n) is 11.3. The lowest BCUT2D eigenvalue weighted by atomic mass is 10.1. The van der Waals surface area contributed by atoms with Gasteiger partial charge in [0.15, 0.2) is 12.3 Å². The van der Waals surface area contributed by atoms with Crippen LogP contribution in [0.25, 0.3) is 10.9 Å². The lowest BCUT2D eigenvalue weighted by Gasteiger charge is -2.07. The van der Waals surface area contributed by atoms with Crippen LogP contribution in [0.5, 0.6) is 11.6 Å². The summed E-state index contributed by atoms with van der Waals surface area (Å²) < 4.78 is 7.15. The Balaban J connectivity index is 1.37. The number of aromatic nitrogens is 1. The van der Waals surface area contributed by atoms with Gasteiger partial charge in [-0.1, -0.05) is 66.2 Å². The summed E-state index contributed by atoms with van der Waals surface area (Å²) in [5.41, 5.74) is 3.24. The van der Waals surface area contributed by atoms with Gasteiger partial charge in [0.05, 0.1) is 5.52 Å². The fraction of sp³-hybridized carbons (Fsp3) is 0.185. The van der Waals surface area contributed by atoms with E-state index in [-0.39, 0.29) is 24.7 Å². The fourth-order valence-corrected chi connectivity index (χ4v) is 3.63. The number of nitrogens with one attached hydrogen (secondary N) is 1. The standard InChI is InChI=1S/C27H26N4O4/c1-19-11-13-21(14-12-19)35-18-25(33)28-17-24(32)29-30-26-22-9-5-6-10-23(22)31(27(26)34)16-15-20-7-3-2-4-8-20/h2-14,34H,15-18H2,1H3,(H,28,33). The molecule has 0 unspecified atom stereocenters. The van der Waals surface area contributed by atoms with Crippen molar-refractivity contribution in [1.29, 1.82) is 0 Å². The molecule has 0 radical (unpaired) electrons. The van der Waals surface area contributed by atoms with E-state index in [1.54, 1.807) is 16.7 Å². The van der Waals surface area contributed by atoms with Gasteiger partial charge in [-0.15, -0.1) is 10.2 Å². The number of rotatable bonds is 9. The van der Waals surface area contributed by atoms with Gasteiger partial charge in [-0.2, -0.15) is 0 Å². The number of hydrogen-bond donors (Lipinski definition) is 2. The molecule has 3 aromatic carbocycles. The minimum atomic E-state index is -0.644. The molecule has 0 spiro atoms. The number of hydrogen-bond acceptors (Lipinski definition) is 5. The molecule has 0 fully saturated rings. The number of aryl methyl sites for hydroxylation is 3. The number of azo groups is 1.